The number of piperidine rings is 1. The van der Waals surface area contributed by atoms with Gasteiger partial charge in [0.25, 0.3) is 5.91 Å². The molecule has 0 saturated carbocycles. The second-order valence-electron chi connectivity index (χ2n) is 5.24. The zero-order valence-corrected chi connectivity index (χ0v) is 14.1. The summed E-state index contributed by atoms with van der Waals surface area (Å²) >= 11 is 3.41. The first-order chi connectivity index (χ1) is 9.65. The van der Waals surface area contributed by atoms with Crippen LogP contribution < -0.4 is 20.1 Å². The van der Waals surface area contributed by atoms with Crippen molar-refractivity contribution in [3.05, 3.63) is 22.2 Å². The third-order valence-electron chi connectivity index (χ3n) is 3.79. The first-order valence-electron chi connectivity index (χ1n) is 6.76. The number of amides is 1. The second kappa shape index (κ2) is 6.85. The Hall–Kier alpha value is -0.980. The van der Waals surface area contributed by atoms with Crippen molar-refractivity contribution in [3.63, 3.8) is 0 Å². The van der Waals surface area contributed by atoms with Crippen molar-refractivity contribution >= 4 is 34.2 Å². The number of nitrogens with one attached hydrogen (secondary N) is 2. The van der Waals surface area contributed by atoms with Crippen molar-refractivity contribution in [1.82, 2.24) is 10.6 Å². The number of fused-ring (bicyclic) bond motifs is 1. The molecule has 2 N–H and O–H groups in total. The van der Waals surface area contributed by atoms with E-state index in [9.17, 15) is 4.79 Å². The molecule has 5 nitrogen and oxygen atoms in total. The quantitative estimate of drug-likeness (QED) is 0.830. The van der Waals surface area contributed by atoms with Gasteiger partial charge in [-0.1, -0.05) is 6.92 Å². The minimum Gasteiger partial charge on any atom is -0.454 e. The van der Waals surface area contributed by atoms with E-state index in [0.717, 1.165) is 24.0 Å². The number of carbonyl (C=O) groups is 1. The molecule has 2 heterocycles. The second-order valence-corrected chi connectivity index (χ2v) is 6.10. The van der Waals surface area contributed by atoms with E-state index in [1.807, 2.05) is 0 Å². The monoisotopic (exact) mass is 376 g/mol. The molecule has 3 rings (SSSR count). The highest BCUT2D eigenvalue weighted by atomic mass is 79.9. The summed E-state index contributed by atoms with van der Waals surface area (Å²) in [6.07, 6.45) is 0.957. The Bertz CT molecular complexity index is 541. The molecule has 2 atom stereocenters. The first-order valence-corrected chi connectivity index (χ1v) is 7.55. The van der Waals surface area contributed by atoms with Crippen LogP contribution in [0.3, 0.4) is 0 Å². The topological polar surface area (TPSA) is 59.6 Å². The Labute approximate surface area is 138 Å². The van der Waals surface area contributed by atoms with Gasteiger partial charge in [-0.25, -0.2) is 0 Å². The lowest BCUT2D eigenvalue weighted by atomic mass is 9.95. The minimum absolute atomic E-state index is 0. The molecule has 21 heavy (non-hydrogen) atoms. The zero-order chi connectivity index (χ0) is 14.1. The van der Waals surface area contributed by atoms with Gasteiger partial charge in [-0.05, 0) is 53.5 Å². The summed E-state index contributed by atoms with van der Waals surface area (Å²) in [5, 5.41) is 6.43. The van der Waals surface area contributed by atoms with E-state index in [2.05, 4.69) is 33.5 Å². The van der Waals surface area contributed by atoms with Crippen LogP contribution in [0.15, 0.2) is 16.6 Å². The molecular weight excluding hydrogens is 360 g/mol. The van der Waals surface area contributed by atoms with Gasteiger partial charge in [-0.3, -0.25) is 4.79 Å². The molecule has 1 amide bonds. The Balaban J connectivity index is 0.00000161. The highest BCUT2D eigenvalue weighted by Crippen LogP contribution is 2.39. The number of hydrogen-bond donors (Lipinski definition) is 2. The van der Waals surface area contributed by atoms with Gasteiger partial charge in [0, 0.05) is 11.6 Å². The van der Waals surface area contributed by atoms with E-state index in [1.54, 1.807) is 12.1 Å². The van der Waals surface area contributed by atoms with E-state index < -0.39 is 0 Å². The molecule has 1 aromatic carbocycles. The lowest BCUT2D eigenvalue weighted by molar-refractivity contribution is 0.0913. The van der Waals surface area contributed by atoms with Gasteiger partial charge in [-0.15, -0.1) is 12.4 Å². The van der Waals surface area contributed by atoms with Crippen molar-refractivity contribution in [2.24, 2.45) is 5.92 Å². The fourth-order valence-corrected chi connectivity index (χ4v) is 3.14. The lowest BCUT2D eigenvalue weighted by Crippen LogP contribution is -2.48. The summed E-state index contributed by atoms with van der Waals surface area (Å²) < 4.78 is 11.4. The van der Waals surface area contributed by atoms with Crippen LogP contribution in [0.4, 0.5) is 0 Å². The molecular formula is C14H18BrClN2O3. The molecule has 0 aliphatic carbocycles. The molecule has 0 aromatic heterocycles. The maximum absolute atomic E-state index is 12.4. The summed E-state index contributed by atoms with van der Waals surface area (Å²) in [6, 6.07) is 3.72. The molecule has 116 valence electrons. The fourth-order valence-electron chi connectivity index (χ4n) is 2.58. The largest absolute Gasteiger partial charge is 0.454 e. The van der Waals surface area contributed by atoms with E-state index in [0.29, 0.717) is 23.0 Å². The van der Waals surface area contributed by atoms with Gasteiger partial charge in [0.15, 0.2) is 11.5 Å². The van der Waals surface area contributed by atoms with Gasteiger partial charge in [0.2, 0.25) is 6.79 Å². The minimum atomic E-state index is -0.0669. The number of ether oxygens (including phenoxy) is 2. The molecule has 1 saturated heterocycles. The van der Waals surface area contributed by atoms with Crippen LogP contribution in [0, 0.1) is 5.92 Å². The van der Waals surface area contributed by atoms with Crippen molar-refractivity contribution in [3.8, 4) is 11.5 Å². The SMILES string of the molecule is CC1CNCCC1NC(=O)c1cc(Br)c2c(c1)OCO2.Cl. The van der Waals surface area contributed by atoms with Crippen molar-refractivity contribution in [2.75, 3.05) is 19.9 Å². The molecule has 2 aliphatic rings. The molecule has 2 unspecified atom stereocenters. The molecule has 0 bridgehead atoms. The lowest BCUT2D eigenvalue weighted by Gasteiger charge is -2.30. The summed E-state index contributed by atoms with van der Waals surface area (Å²) in [5.74, 6) is 1.65. The van der Waals surface area contributed by atoms with Crippen LogP contribution in [-0.4, -0.2) is 31.8 Å². The molecule has 2 aliphatic heterocycles. The summed E-state index contributed by atoms with van der Waals surface area (Å²) in [7, 11) is 0. The molecule has 1 aromatic rings. The Kier molecular flexibility index (Phi) is 5.35. The van der Waals surface area contributed by atoms with Crippen molar-refractivity contribution in [2.45, 2.75) is 19.4 Å². The molecule has 0 spiro atoms. The van der Waals surface area contributed by atoms with Gasteiger partial charge in [-0.2, -0.15) is 0 Å². The van der Waals surface area contributed by atoms with Crippen LogP contribution in [0.25, 0.3) is 0 Å². The molecule has 7 heteroatoms. The Morgan fingerprint density at radius 2 is 2.24 bits per heavy atom. The predicted molar refractivity (Wildman–Crippen MR) is 85.4 cm³/mol. The number of carbonyl (C=O) groups excluding carboxylic acids is 1. The molecule has 0 radical (unpaired) electrons. The van der Waals surface area contributed by atoms with Crippen molar-refractivity contribution < 1.29 is 14.3 Å². The standard InChI is InChI=1S/C14H17BrN2O3.ClH/c1-8-6-16-3-2-11(8)17-14(18)9-4-10(15)13-12(5-9)19-7-20-13;/h4-5,8,11,16H,2-3,6-7H2,1H3,(H,17,18);1H. The number of halogens is 2. The smallest absolute Gasteiger partial charge is 0.251 e. The number of rotatable bonds is 2. The third-order valence-corrected chi connectivity index (χ3v) is 4.38. The summed E-state index contributed by atoms with van der Waals surface area (Å²) in [4.78, 5) is 12.4. The molecule has 1 fully saturated rings. The maximum atomic E-state index is 12.4. The van der Waals surface area contributed by atoms with E-state index in [-0.39, 0.29) is 31.1 Å². The predicted octanol–water partition coefficient (Wildman–Crippen LogP) is 2.33. The van der Waals surface area contributed by atoms with E-state index >= 15 is 0 Å². The van der Waals surface area contributed by atoms with Crippen LogP contribution in [0.5, 0.6) is 11.5 Å². The zero-order valence-electron chi connectivity index (χ0n) is 11.6. The Morgan fingerprint density at radius 3 is 3.00 bits per heavy atom. The van der Waals surface area contributed by atoms with E-state index in [4.69, 9.17) is 9.47 Å². The van der Waals surface area contributed by atoms with Crippen LogP contribution in [-0.2, 0) is 0 Å². The Morgan fingerprint density at radius 1 is 1.43 bits per heavy atom. The van der Waals surface area contributed by atoms with Crippen molar-refractivity contribution in [1.29, 1.82) is 0 Å². The van der Waals surface area contributed by atoms with Gasteiger partial charge in [0.1, 0.15) is 0 Å². The normalized spacial score (nSPS) is 23.3. The number of hydrogen-bond acceptors (Lipinski definition) is 4. The van der Waals surface area contributed by atoms with Crippen LogP contribution in [0.2, 0.25) is 0 Å². The number of benzene rings is 1. The van der Waals surface area contributed by atoms with Gasteiger partial charge in [0.05, 0.1) is 4.47 Å². The van der Waals surface area contributed by atoms with Crippen LogP contribution >= 0.6 is 28.3 Å². The summed E-state index contributed by atoms with van der Waals surface area (Å²) in [6.45, 7) is 4.23. The highest BCUT2D eigenvalue weighted by molar-refractivity contribution is 9.10. The maximum Gasteiger partial charge on any atom is 0.251 e. The van der Waals surface area contributed by atoms with Gasteiger partial charge < -0.3 is 20.1 Å². The average molecular weight is 378 g/mol. The average Bonchev–Trinajstić information content (AvgIpc) is 2.90. The summed E-state index contributed by atoms with van der Waals surface area (Å²) in [5.41, 5.74) is 0.590. The fraction of sp³-hybridized carbons (Fsp3) is 0.500. The highest BCUT2D eigenvalue weighted by Gasteiger charge is 2.25. The first kappa shape index (κ1) is 16.4. The van der Waals surface area contributed by atoms with Crippen LogP contribution in [0.1, 0.15) is 23.7 Å². The van der Waals surface area contributed by atoms with Gasteiger partial charge >= 0.3 is 0 Å². The third kappa shape index (κ3) is 3.44. The van der Waals surface area contributed by atoms with E-state index in [1.165, 1.54) is 0 Å².